The number of aromatic hydroxyl groups is 1. The van der Waals surface area contributed by atoms with Gasteiger partial charge in [0.2, 0.25) is 5.55 Å². The van der Waals surface area contributed by atoms with Crippen LogP contribution in [0.5, 0.6) is 5.75 Å². The van der Waals surface area contributed by atoms with Crippen LogP contribution in [0.25, 0.3) is 11.0 Å². The Hall–Kier alpha value is -2.83. The number of benzene rings is 2. The lowest BCUT2D eigenvalue weighted by Crippen LogP contribution is -2.34. The van der Waals surface area contributed by atoms with E-state index in [9.17, 15) is 9.90 Å². The maximum absolute atomic E-state index is 12.9. The number of hydrogen-bond donors (Lipinski definition) is 2. The highest BCUT2D eigenvalue weighted by molar-refractivity contribution is 6.31. The molecule has 1 saturated heterocycles. The summed E-state index contributed by atoms with van der Waals surface area (Å²) in [5.41, 5.74) is 2.38. The second-order valence-corrected chi connectivity index (χ2v) is 7.48. The lowest BCUT2D eigenvalue weighted by Gasteiger charge is -2.11. The van der Waals surface area contributed by atoms with Crippen LogP contribution in [0.15, 0.2) is 51.9 Å². The third kappa shape index (κ3) is 4.44. The first-order valence-corrected chi connectivity index (χ1v) is 9.85. The van der Waals surface area contributed by atoms with Gasteiger partial charge in [-0.1, -0.05) is 17.7 Å². The van der Waals surface area contributed by atoms with Crippen LogP contribution in [0.3, 0.4) is 0 Å². The summed E-state index contributed by atoms with van der Waals surface area (Å²) >= 11 is 6.20. The molecule has 0 spiro atoms. The summed E-state index contributed by atoms with van der Waals surface area (Å²) in [6, 6.07) is 11.8. The molecule has 7 heteroatoms. The summed E-state index contributed by atoms with van der Waals surface area (Å²) in [7, 11) is 0. The van der Waals surface area contributed by atoms with Gasteiger partial charge in [-0.3, -0.25) is 4.79 Å². The highest BCUT2D eigenvalue weighted by Gasteiger charge is 2.18. The van der Waals surface area contributed by atoms with E-state index in [2.05, 4.69) is 10.3 Å². The van der Waals surface area contributed by atoms with E-state index in [1.807, 2.05) is 13.0 Å². The predicted molar refractivity (Wildman–Crippen MR) is 111 cm³/mol. The molecule has 0 saturated carbocycles. The molecule has 3 aromatic rings. The molecule has 0 radical (unpaired) electrons. The number of nitrogens with zero attached hydrogens (tertiary/aromatic N) is 1. The summed E-state index contributed by atoms with van der Waals surface area (Å²) in [6.45, 7) is 3.06. The monoisotopic (exact) mass is 412 g/mol. The topological polar surface area (TPSA) is 84.1 Å². The zero-order valence-electron chi connectivity index (χ0n) is 15.9. The zero-order chi connectivity index (χ0) is 20.4. The number of halogens is 1. The highest BCUT2D eigenvalue weighted by atomic mass is 35.5. The van der Waals surface area contributed by atoms with Crippen molar-refractivity contribution in [1.82, 2.24) is 5.32 Å². The maximum Gasteiger partial charge on any atom is 0.256 e. The number of aryl methyl sites for hydroxylation is 1. The number of phenols is 1. The Morgan fingerprint density at radius 1 is 1.28 bits per heavy atom. The van der Waals surface area contributed by atoms with Crippen LogP contribution >= 0.6 is 11.6 Å². The first-order chi connectivity index (χ1) is 14.0. The molecule has 150 valence electrons. The molecule has 2 heterocycles. The van der Waals surface area contributed by atoms with Crippen LogP contribution in [-0.2, 0) is 4.74 Å². The Morgan fingerprint density at radius 3 is 2.90 bits per heavy atom. The average molecular weight is 413 g/mol. The lowest BCUT2D eigenvalue weighted by atomic mass is 10.1. The Labute approximate surface area is 172 Å². The first-order valence-electron chi connectivity index (χ1n) is 9.47. The number of amides is 1. The van der Waals surface area contributed by atoms with E-state index in [1.165, 1.54) is 6.07 Å². The van der Waals surface area contributed by atoms with Crippen molar-refractivity contribution in [3.05, 3.63) is 64.2 Å². The lowest BCUT2D eigenvalue weighted by molar-refractivity contribution is 0.0854. The molecule has 1 atom stereocenters. The van der Waals surface area contributed by atoms with Gasteiger partial charge in [0.25, 0.3) is 5.91 Å². The van der Waals surface area contributed by atoms with E-state index in [4.69, 9.17) is 20.8 Å². The number of carbonyl (C=O) groups is 1. The minimum absolute atomic E-state index is 0.0320. The van der Waals surface area contributed by atoms with Gasteiger partial charge in [0.1, 0.15) is 16.9 Å². The van der Waals surface area contributed by atoms with E-state index in [-0.39, 0.29) is 23.3 Å². The molecule has 4 rings (SSSR count). The molecule has 1 amide bonds. The molecule has 0 aliphatic carbocycles. The van der Waals surface area contributed by atoms with Gasteiger partial charge >= 0.3 is 0 Å². The smallest absolute Gasteiger partial charge is 0.256 e. The van der Waals surface area contributed by atoms with Crippen molar-refractivity contribution in [3.8, 4) is 5.75 Å². The van der Waals surface area contributed by atoms with Crippen molar-refractivity contribution >= 4 is 34.2 Å². The number of fused-ring (bicyclic) bond motifs is 1. The van der Waals surface area contributed by atoms with Gasteiger partial charge in [0.15, 0.2) is 0 Å². The van der Waals surface area contributed by atoms with E-state index in [0.29, 0.717) is 33.8 Å². The van der Waals surface area contributed by atoms with Gasteiger partial charge < -0.3 is 19.6 Å². The number of carbonyl (C=O) groups excluding carboxylic acids is 1. The highest BCUT2D eigenvalue weighted by Crippen LogP contribution is 2.23. The number of phenolic OH excluding ortho intramolecular Hbond substituents is 1. The quantitative estimate of drug-likeness (QED) is 0.671. The van der Waals surface area contributed by atoms with Crippen molar-refractivity contribution in [3.63, 3.8) is 0 Å². The Balaban J connectivity index is 1.76. The number of ether oxygens (including phenoxy) is 1. The third-order valence-electron chi connectivity index (χ3n) is 4.88. The summed E-state index contributed by atoms with van der Waals surface area (Å²) in [5.74, 6) is -0.225. The first kappa shape index (κ1) is 19.5. The Morgan fingerprint density at radius 2 is 2.14 bits per heavy atom. The predicted octanol–water partition coefficient (Wildman–Crippen LogP) is 4.24. The van der Waals surface area contributed by atoms with Gasteiger partial charge in [-0.15, -0.1) is 0 Å². The molecule has 2 N–H and O–H groups in total. The largest absolute Gasteiger partial charge is 0.508 e. The number of nitrogens with one attached hydrogen (secondary N) is 1. The van der Waals surface area contributed by atoms with E-state index >= 15 is 0 Å². The van der Waals surface area contributed by atoms with Crippen LogP contribution in [0.4, 0.5) is 5.69 Å². The fourth-order valence-electron chi connectivity index (χ4n) is 3.23. The maximum atomic E-state index is 12.9. The molecular weight excluding hydrogens is 392 g/mol. The summed E-state index contributed by atoms with van der Waals surface area (Å²) in [6.07, 6.45) is 1.97. The van der Waals surface area contributed by atoms with Crippen LogP contribution < -0.4 is 10.9 Å². The van der Waals surface area contributed by atoms with Crippen LogP contribution in [0.2, 0.25) is 5.02 Å². The van der Waals surface area contributed by atoms with E-state index in [1.54, 1.807) is 30.3 Å². The number of hydrogen-bond acceptors (Lipinski definition) is 5. The Kier molecular flexibility index (Phi) is 5.56. The molecule has 1 aliphatic rings. The van der Waals surface area contributed by atoms with Crippen molar-refractivity contribution in [2.45, 2.75) is 25.9 Å². The molecule has 6 nitrogen and oxygen atoms in total. The van der Waals surface area contributed by atoms with Crippen LogP contribution in [-0.4, -0.2) is 30.3 Å². The summed E-state index contributed by atoms with van der Waals surface area (Å²) in [4.78, 5) is 17.4. The van der Waals surface area contributed by atoms with Crippen LogP contribution in [0, 0.1) is 6.92 Å². The van der Waals surface area contributed by atoms with Gasteiger partial charge in [-0.2, -0.15) is 0 Å². The van der Waals surface area contributed by atoms with Gasteiger partial charge in [-0.05, 0) is 55.7 Å². The van der Waals surface area contributed by atoms with Crippen LogP contribution in [0.1, 0.15) is 28.8 Å². The van der Waals surface area contributed by atoms with Crippen molar-refractivity contribution < 1.29 is 19.1 Å². The molecule has 1 aromatic heterocycles. The standard InChI is InChI=1S/C22H21ClN2O4/c1-13-4-6-15(10-19(13)23)25-22-18(21(27)24-12-17-3-2-8-28-17)9-14-5-7-16(26)11-20(14)29-22/h4-7,9-11,17,26H,2-3,8,12H2,1H3,(H,24,27). The molecule has 1 unspecified atom stereocenters. The fourth-order valence-corrected chi connectivity index (χ4v) is 3.40. The summed E-state index contributed by atoms with van der Waals surface area (Å²) < 4.78 is 11.4. The zero-order valence-corrected chi connectivity index (χ0v) is 16.7. The molecule has 1 aliphatic heterocycles. The average Bonchev–Trinajstić information content (AvgIpc) is 3.22. The number of rotatable bonds is 4. The molecular formula is C22H21ClN2O4. The molecule has 0 bridgehead atoms. The fraction of sp³-hybridized carbons (Fsp3) is 0.273. The van der Waals surface area contributed by atoms with Crippen molar-refractivity contribution in [2.24, 2.45) is 4.99 Å². The van der Waals surface area contributed by atoms with E-state index < -0.39 is 0 Å². The second kappa shape index (κ2) is 8.27. The van der Waals surface area contributed by atoms with E-state index in [0.717, 1.165) is 25.0 Å². The van der Waals surface area contributed by atoms with Crippen molar-refractivity contribution in [2.75, 3.05) is 13.2 Å². The normalized spacial score (nSPS) is 17.0. The molecule has 2 aromatic carbocycles. The minimum atomic E-state index is -0.295. The second-order valence-electron chi connectivity index (χ2n) is 7.08. The SMILES string of the molecule is Cc1ccc(N=c2oc3cc(O)ccc3cc2C(=O)NCC2CCCO2)cc1Cl. The van der Waals surface area contributed by atoms with Gasteiger partial charge in [0, 0.05) is 29.6 Å². The third-order valence-corrected chi connectivity index (χ3v) is 5.29. The van der Waals surface area contributed by atoms with Crippen molar-refractivity contribution in [1.29, 1.82) is 0 Å². The molecule has 29 heavy (non-hydrogen) atoms. The summed E-state index contributed by atoms with van der Waals surface area (Å²) in [5, 5.41) is 13.9. The minimum Gasteiger partial charge on any atom is -0.508 e. The Bertz CT molecular complexity index is 1130. The molecule has 1 fully saturated rings. The van der Waals surface area contributed by atoms with Gasteiger partial charge in [-0.25, -0.2) is 4.99 Å². The van der Waals surface area contributed by atoms with Gasteiger partial charge in [0.05, 0.1) is 11.8 Å².